The number of H-pyrrole nitrogens is 1. The molecule has 1 aromatic heterocycles. The first-order chi connectivity index (χ1) is 9.69. The fourth-order valence-corrected chi connectivity index (χ4v) is 1.77. The molecule has 7 heteroatoms. The molecule has 1 heterocycles. The Morgan fingerprint density at radius 2 is 2.20 bits per heavy atom. The lowest BCUT2D eigenvalue weighted by molar-refractivity contribution is 0.0948. The van der Waals surface area contributed by atoms with Crippen molar-refractivity contribution in [2.75, 3.05) is 13.7 Å². The van der Waals surface area contributed by atoms with Gasteiger partial charge in [0.1, 0.15) is 5.69 Å². The molecule has 106 valence electrons. The van der Waals surface area contributed by atoms with E-state index in [0.717, 1.165) is 5.56 Å². The number of nitrogen functional groups attached to an aromatic ring is 1. The second kappa shape index (κ2) is 6.07. The number of rotatable bonds is 5. The molecule has 0 saturated carbocycles. The zero-order valence-electron chi connectivity index (χ0n) is 11.3. The molecule has 0 aliphatic carbocycles. The van der Waals surface area contributed by atoms with Crippen LogP contribution in [-0.4, -0.2) is 29.8 Å². The minimum absolute atomic E-state index is 0.287. The van der Waals surface area contributed by atoms with Crippen LogP contribution in [0.25, 0.3) is 11.3 Å². The highest BCUT2D eigenvalue weighted by molar-refractivity contribution is 5.92. The lowest BCUT2D eigenvalue weighted by Crippen LogP contribution is -2.30. The Bertz CT molecular complexity index is 609. The number of methoxy groups -OCH3 is 1. The first kappa shape index (κ1) is 13.9. The Morgan fingerprint density at radius 1 is 1.40 bits per heavy atom. The molecule has 2 aromatic rings. The maximum Gasteiger partial charge on any atom is 0.283 e. The Hall–Kier alpha value is -2.54. The first-order valence-electron chi connectivity index (χ1n) is 6.07. The molecular formula is C13H16N4O3. The molecule has 0 fully saturated rings. The van der Waals surface area contributed by atoms with E-state index >= 15 is 0 Å². The number of hydrogen-bond donors (Lipinski definition) is 3. The molecule has 0 saturated heterocycles. The highest BCUT2D eigenvalue weighted by atomic mass is 16.5. The summed E-state index contributed by atoms with van der Waals surface area (Å²) in [5.74, 6) is 5.91. The minimum Gasteiger partial charge on any atom is -0.493 e. The van der Waals surface area contributed by atoms with Crippen LogP contribution in [0.5, 0.6) is 11.5 Å². The number of hydrazine groups is 1. The summed E-state index contributed by atoms with van der Waals surface area (Å²) < 4.78 is 10.7. The van der Waals surface area contributed by atoms with Crippen LogP contribution in [0.1, 0.15) is 17.4 Å². The normalized spacial score (nSPS) is 10.2. The van der Waals surface area contributed by atoms with Gasteiger partial charge in [0.15, 0.2) is 11.5 Å². The van der Waals surface area contributed by atoms with Crippen molar-refractivity contribution in [2.24, 2.45) is 5.84 Å². The number of amides is 1. The molecular weight excluding hydrogens is 260 g/mol. The smallest absolute Gasteiger partial charge is 0.283 e. The monoisotopic (exact) mass is 276 g/mol. The summed E-state index contributed by atoms with van der Waals surface area (Å²) >= 11 is 0. The van der Waals surface area contributed by atoms with Gasteiger partial charge in [0.05, 0.1) is 19.4 Å². The lowest BCUT2D eigenvalue weighted by atomic mass is 10.1. The standard InChI is InChI=1S/C13H16N4O3/c1-3-20-11-5-4-8(6-12(11)19-2)9-7-10(17-16-9)13(18)15-14/h4-7H,3,14H2,1-2H3,(H,15,18)(H,16,17). The van der Waals surface area contributed by atoms with Crippen molar-refractivity contribution in [1.29, 1.82) is 0 Å². The van der Waals surface area contributed by atoms with Crippen LogP contribution in [0.2, 0.25) is 0 Å². The Kier molecular flexibility index (Phi) is 4.21. The van der Waals surface area contributed by atoms with E-state index in [1.54, 1.807) is 25.3 Å². The molecule has 20 heavy (non-hydrogen) atoms. The number of aromatic amines is 1. The van der Waals surface area contributed by atoms with Gasteiger partial charge in [-0.1, -0.05) is 0 Å². The molecule has 2 rings (SSSR count). The van der Waals surface area contributed by atoms with Crippen LogP contribution < -0.4 is 20.7 Å². The Labute approximate surface area is 116 Å². The zero-order chi connectivity index (χ0) is 14.5. The Morgan fingerprint density at radius 3 is 2.85 bits per heavy atom. The Balaban J connectivity index is 2.33. The SMILES string of the molecule is CCOc1ccc(-c2cc(C(=O)NN)[nH]n2)cc1OC. The zero-order valence-corrected chi connectivity index (χ0v) is 11.3. The van der Waals surface area contributed by atoms with Gasteiger partial charge >= 0.3 is 0 Å². The number of carbonyl (C=O) groups excluding carboxylic acids is 1. The summed E-state index contributed by atoms with van der Waals surface area (Å²) in [6.07, 6.45) is 0. The average molecular weight is 276 g/mol. The molecule has 7 nitrogen and oxygen atoms in total. The van der Waals surface area contributed by atoms with Gasteiger partial charge in [-0.2, -0.15) is 5.10 Å². The summed E-state index contributed by atoms with van der Waals surface area (Å²) in [5, 5.41) is 6.69. The number of ether oxygens (including phenoxy) is 2. The van der Waals surface area contributed by atoms with E-state index in [4.69, 9.17) is 15.3 Å². The summed E-state index contributed by atoms with van der Waals surface area (Å²) in [4.78, 5) is 11.4. The van der Waals surface area contributed by atoms with Gasteiger partial charge in [0.25, 0.3) is 5.91 Å². The molecule has 0 atom stereocenters. The van der Waals surface area contributed by atoms with E-state index < -0.39 is 5.91 Å². The molecule has 4 N–H and O–H groups in total. The van der Waals surface area contributed by atoms with Gasteiger partial charge in [0, 0.05) is 5.56 Å². The fourth-order valence-electron chi connectivity index (χ4n) is 1.77. The number of nitrogens with zero attached hydrogens (tertiary/aromatic N) is 1. The summed E-state index contributed by atoms with van der Waals surface area (Å²) in [6, 6.07) is 7.05. The van der Waals surface area contributed by atoms with E-state index in [0.29, 0.717) is 23.8 Å². The van der Waals surface area contributed by atoms with Crippen molar-refractivity contribution in [3.05, 3.63) is 30.0 Å². The predicted octanol–water partition coefficient (Wildman–Crippen LogP) is 1.09. The summed E-state index contributed by atoms with van der Waals surface area (Å²) in [5.41, 5.74) is 3.75. The van der Waals surface area contributed by atoms with Crippen molar-refractivity contribution < 1.29 is 14.3 Å². The number of hydrogen-bond acceptors (Lipinski definition) is 5. The van der Waals surface area contributed by atoms with Gasteiger partial charge in [-0.25, -0.2) is 5.84 Å². The molecule has 0 unspecified atom stereocenters. The molecule has 0 radical (unpaired) electrons. The van der Waals surface area contributed by atoms with Crippen LogP contribution >= 0.6 is 0 Å². The summed E-state index contributed by atoms with van der Waals surface area (Å²) in [7, 11) is 1.57. The van der Waals surface area contributed by atoms with Gasteiger partial charge in [-0.15, -0.1) is 0 Å². The topological polar surface area (TPSA) is 102 Å². The molecule has 1 aromatic carbocycles. The number of aromatic nitrogens is 2. The quantitative estimate of drug-likeness (QED) is 0.431. The van der Waals surface area contributed by atoms with Crippen LogP contribution in [0.3, 0.4) is 0 Å². The van der Waals surface area contributed by atoms with E-state index in [9.17, 15) is 4.79 Å². The van der Waals surface area contributed by atoms with Crippen molar-refractivity contribution in [2.45, 2.75) is 6.92 Å². The third-order valence-corrected chi connectivity index (χ3v) is 2.71. The molecule has 0 bridgehead atoms. The molecule has 1 amide bonds. The van der Waals surface area contributed by atoms with E-state index in [1.165, 1.54) is 0 Å². The molecule has 0 spiro atoms. The molecule has 0 aliphatic rings. The second-order valence-electron chi connectivity index (χ2n) is 3.94. The number of carbonyl (C=O) groups is 1. The number of nitrogens with one attached hydrogen (secondary N) is 2. The maximum atomic E-state index is 11.4. The van der Waals surface area contributed by atoms with Crippen LogP contribution in [-0.2, 0) is 0 Å². The van der Waals surface area contributed by atoms with Gasteiger partial charge in [-0.3, -0.25) is 15.3 Å². The average Bonchev–Trinajstić information content (AvgIpc) is 2.97. The highest BCUT2D eigenvalue weighted by Crippen LogP contribution is 2.31. The first-order valence-corrected chi connectivity index (χ1v) is 6.07. The van der Waals surface area contributed by atoms with Gasteiger partial charge in [-0.05, 0) is 31.2 Å². The molecule has 0 aliphatic heterocycles. The van der Waals surface area contributed by atoms with Crippen LogP contribution in [0.15, 0.2) is 24.3 Å². The van der Waals surface area contributed by atoms with Crippen molar-refractivity contribution >= 4 is 5.91 Å². The van der Waals surface area contributed by atoms with E-state index in [-0.39, 0.29) is 5.69 Å². The maximum absolute atomic E-state index is 11.4. The lowest BCUT2D eigenvalue weighted by Gasteiger charge is -2.09. The number of benzene rings is 1. The van der Waals surface area contributed by atoms with Gasteiger partial charge in [0.2, 0.25) is 0 Å². The predicted molar refractivity (Wildman–Crippen MR) is 73.4 cm³/mol. The van der Waals surface area contributed by atoms with Crippen molar-refractivity contribution in [1.82, 2.24) is 15.6 Å². The van der Waals surface area contributed by atoms with Gasteiger partial charge < -0.3 is 9.47 Å². The van der Waals surface area contributed by atoms with Crippen molar-refractivity contribution in [3.8, 4) is 22.8 Å². The van der Waals surface area contributed by atoms with E-state index in [1.807, 2.05) is 18.4 Å². The third kappa shape index (κ3) is 2.72. The summed E-state index contributed by atoms with van der Waals surface area (Å²) in [6.45, 7) is 2.46. The van der Waals surface area contributed by atoms with Crippen LogP contribution in [0, 0.1) is 0 Å². The van der Waals surface area contributed by atoms with Crippen molar-refractivity contribution in [3.63, 3.8) is 0 Å². The van der Waals surface area contributed by atoms with E-state index in [2.05, 4.69) is 10.2 Å². The second-order valence-corrected chi connectivity index (χ2v) is 3.94. The number of nitrogens with two attached hydrogens (primary N) is 1. The third-order valence-electron chi connectivity index (χ3n) is 2.71. The largest absolute Gasteiger partial charge is 0.493 e. The van der Waals surface area contributed by atoms with Crippen LogP contribution in [0.4, 0.5) is 0 Å². The highest BCUT2D eigenvalue weighted by Gasteiger charge is 2.12. The fraction of sp³-hybridized carbons (Fsp3) is 0.231. The minimum atomic E-state index is -0.429.